The molecule has 30 heavy (non-hydrogen) atoms. The van der Waals surface area contributed by atoms with Gasteiger partial charge < -0.3 is 10.4 Å². The molecule has 2 N–H and O–H groups in total. The lowest BCUT2D eigenvalue weighted by Gasteiger charge is -2.24. The third kappa shape index (κ3) is 3.36. The Labute approximate surface area is 179 Å². The lowest BCUT2D eigenvalue weighted by atomic mass is 9.87. The van der Waals surface area contributed by atoms with Gasteiger partial charge in [-0.1, -0.05) is 65.7 Å². The fourth-order valence-corrected chi connectivity index (χ4v) is 4.08. The Morgan fingerprint density at radius 1 is 1.03 bits per heavy atom. The molecule has 0 fully saturated rings. The van der Waals surface area contributed by atoms with E-state index in [4.69, 9.17) is 11.6 Å². The molecule has 0 aliphatic carbocycles. The molecule has 0 saturated carbocycles. The van der Waals surface area contributed by atoms with E-state index < -0.39 is 17.4 Å². The van der Waals surface area contributed by atoms with Crippen LogP contribution in [-0.4, -0.2) is 23.5 Å². The van der Waals surface area contributed by atoms with Crippen LogP contribution in [0.1, 0.15) is 22.3 Å². The van der Waals surface area contributed by atoms with Gasteiger partial charge in [0.25, 0.3) is 5.91 Å². The minimum atomic E-state index is -1.84. The van der Waals surface area contributed by atoms with Crippen LogP contribution in [0, 0.1) is 13.8 Å². The van der Waals surface area contributed by atoms with Gasteiger partial charge in [-0.2, -0.15) is 0 Å². The number of carbonyl (C=O) groups is 2. The van der Waals surface area contributed by atoms with Gasteiger partial charge in [-0.05, 0) is 43.2 Å². The van der Waals surface area contributed by atoms with E-state index in [1.807, 2.05) is 26.0 Å². The summed E-state index contributed by atoms with van der Waals surface area (Å²) in [6.45, 7) is 3.56. The Morgan fingerprint density at radius 3 is 2.50 bits per heavy atom. The van der Waals surface area contributed by atoms with Crippen molar-refractivity contribution in [3.05, 3.63) is 94.0 Å². The second kappa shape index (κ2) is 7.59. The smallest absolute Gasteiger partial charge is 0.268 e. The van der Waals surface area contributed by atoms with E-state index in [0.29, 0.717) is 27.5 Å². The topological polar surface area (TPSA) is 69.6 Å². The number of benzene rings is 3. The van der Waals surface area contributed by atoms with E-state index in [1.54, 1.807) is 54.6 Å². The van der Waals surface area contributed by atoms with Crippen LogP contribution in [0.2, 0.25) is 5.02 Å². The largest absolute Gasteiger partial charge is 0.372 e. The predicted octanol–water partition coefficient (Wildman–Crippen LogP) is 4.18. The SMILES string of the molecule is Cc1cccc(C2(O)C(=O)N(CC(=O)Nc3ccc(C)cc3Cl)c3ccccc32)c1. The van der Waals surface area contributed by atoms with Gasteiger partial charge in [0.15, 0.2) is 5.60 Å². The fraction of sp³-hybridized carbons (Fsp3) is 0.167. The minimum Gasteiger partial charge on any atom is -0.372 e. The number of anilines is 2. The van der Waals surface area contributed by atoms with Crippen molar-refractivity contribution in [2.24, 2.45) is 0 Å². The summed E-state index contributed by atoms with van der Waals surface area (Å²) in [7, 11) is 0. The van der Waals surface area contributed by atoms with Crippen LogP contribution in [-0.2, 0) is 15.2 Å². The highest BCUT2D eigenvalue weighted by Crippen LogP contribution is 2.44. The lowest BCUT2D eigenvalue weighted by Crippen LogP contribution is -2.44. The van der Waals surface area contributed by atoms with Crippen molar-refractivity contribution in [2.45, 2.75) is 19.4 Å². The van der Waals surface area contributed by atoms with E-state index in [1.165, 1.54) is 4.90 Å². The van der Waals surface area contributed by atoms with Crippen LogP contribution in [0.3, 0.4) is 0 Å². The number of aliphatic hydroxyl groups is 1. The van der Waals surface area contributed by atoms with Gasteiger partial charge in [-0.25, -0.2) is 0 Å². The summed E-state index contributed by atoms with van der Waals surface area (Å²) in [5, 5.41) is 14.7. The average Bonchev–Trinajstić information content (AvgIpc) is 2.93. The molecule has 1 unspecified atom stereocenters. The molecule has 0 saturated heterocycles. The Morgan fingerprint density at radius 2 is 1.77 bits per heavy atom. The monoisotopic (exact) mass is 420 g/mol. The number of amides is 2. The van der Waals surface area contributed by atoms with Crippen LogP contribution in [0.4, 0.5) is 11.4 Å². The molecule has 1 heterocycles. The van der Waals surface area contributed by atoms with E-state index in [0.717, 1.165) is 11.1 Å². The lowest BCUT2D eigenvalue weighted by molar-refractivity contribution is -0.133. The fourth-order valence-electron chi connectivity index (χ4n) is 3.80. The molecular weight excluding hydrogens is 400 g/mol. The number of halogens is 1. The third-order valence-corrected chi connectivity index (χ3v) is 5.59. The van der Waals surface area contributed by atoms with E-state index in [-0.39, 0.29) is 6.54 Å². The number of fused-ring (bicyclic) bond motifs is 1. The molecule has 4 rings (SSSR count). The first-order valence-corrected chi connectivity index (χ1v) is 9.95. The second-order valence-corrected chi connectivity index (χ2v) is 7.93. The standard InChI is InChI=1S/C24H21ClN2O3/c1-15-6-5-7-17(12-15)24(30)18-8-3-4-9-21(18)27(23(24)29)14-22(28)26-20-11-10-16(2)13-19(20)25/h3-13,30H,14H2,1-2H3,(H,26,28). The summed E-state index contributed by atoms with van der Waals surface area (Å²) in [6.07, 6.45) is 0. The van der Waals surface area contributed by atoms with Gasteiger partial charge in [0.1, 0.15) is 6.54 Å². The number of aryl methyl sites for hydroxylation is 2. The van der Waals surface area contributed by atoms with Crippen molar-refractivity contribution >= 4 is 34.8 Å². The number of para-hydroxylation sites is 1. The molecule has 0 bridgehead atoms. The molecule has 0 spiro atoms. The Kier molecular flexibility index (Phi) is 5.10. The molecule has 3 aromatic carbocycles. The van der Waals surface area contributed by atoms with Crippen LogP contribution in [0.25, 0.3) is 0 Å². The van der Waals surface area contributed by atoms with Crippen LogP contribution in [0.5, 0.6) is 0 Å². The van der Waals surface area contributed by atoms with Crippen LogP contribution in [0.15, 0.2) is 66.7 Å². The Hall–Kier alpha value is -3.15. The molecule has 3 aromatic rings. The molecule has 5 nitrogen and oxygen atoms in total. The molecule has 0 radical (unpaired) electrons. The van der Waals surface area contributed by atoms with E-state index in [2.05, 4.69) is 5.32 Å². The third-order valence-electron chi connectivity index (χ3n) is 5.28. The quantitative estimate of drug-likeness (QED) is 0.665. The highest BCUT2D eigenvalue weighted by Gasteiger charge is 2.51. The predicted molar refractivity (Wildman–Crippen MR) is 118 cm³/mol. The van der Waals surface area contributed by atoms with E-state index in [9.17, 15) is 14.7 Å². The number of nitrogens with one attached hydrogen (secondary N) is 1. The molecule has 1 aliphatic heterocycles. The van der Waals surface area contributed by atoms with Crippen molar-refractivity contribution in [3.63, 3.8) is 0 Å². The van der Waals surface area contributed by atoms with Gasteiger partial charge >= 0.3 is 0 Å². The number of rotatable bonds is 4. The van der Waals surface area contributed by atoms with Gasteiger partial charge in [0.2, 0.25) is 5.91 Å². The van der Waals surface area contributed by atoms with Crippen molar-refractivity contribution in [1.82, 2.24) is 0 Å². The van der Waals surface area contributed by atoms with Crippen molar-refractivity contribution < 1.29 is 14.7 Å². The first kappa shape index (κ1) is 20.1. The zero-order chi connectivity index (χ0) is 21.5. The number of hydrogen-bond acceptors (Lipinski definition) is 3. The van der Waals surface area contributed by atoms with Crippen LogP contribution >= 0.6 is 11.6 Å². The summed E-state index contributed by atoms with van der Waals surface area (Å²) < 4.78 is 0. The maximum absolute atomic E-state index is 13.4. The first-order valence-electron chi connectivity index (χ1n) is 9.57. The van der Waals surface area contributed by atoms with Crippen molar-refractivity contribution in [3.8, 4) is 0 Å². The maximum Gasteiger partial charge on any atom is 0.268 e. The zero-order valence-electron chi connectivity index (χ0n) is 16.6. The molecule has 6 heteroatoms. The summed E-state index contributed by atoms with van der Waals surface area (Å²) >= 11 is 6.20. The highest BCUT2D eigenvalue weighted by molar-refractivity contribution is 6.33. The summed E-state index contributed by atoms with van der Waals surface area (Å²) in [5.41, 5.74) is 1.98. The maximum atomic E-state index is 13.4. The van der Waals surface area contributed by atoms with Gasteiger partial charge in [0.05, 0.1) is 16.4 Å². The summed E-state index contributed by atoms with van der Waals surface area (Å²) in [6, 6.07) is 19.5. The summed E-state index contributed by atoms with van der Waals surface area (Å²) in [4.78, 5) is 27.4. The second-order valence-electron chi connectivity index (χ2n) is 7.52. The molecule has 1 aliphatic rings. The van der Waals surface area contributed by atoms with Gasteiger partial charge in [-0.3, -0.25) is 14.5 Å². The molecular formula is C24H21ClN2O3. The van der Waals surface area contributed by atoms with Crippen molar-refractivity contribution in [1.29, 1.82) is 0 Å². The molecule has 1 atom stereocenters. The average molecular weight is 421 g/mol. The van der Waals surface area contributed by atoms with E-state index >= 15 is 0 Å². The van der Waals surface area contributed by atoms with Crippen molar-refractivity contribution in [2.75, 3.05) is 16.8 Å². The molecule has 152 valence electrons. The first-order chi connectivity index (χ1) is 14.3. The number of hydrogen-bond donors (Lipinski definition) is 2. The van der Waals surface area contributed by atoms with Crippen LogP contribution < -0.4 is 10.2 Å². The van der Waals surface area contributed by atoms with Gasteiger partial charge in [-0.15, -0.1) is 0 Å². The number of nitrogens with zero attached hydrogens (tertiary/aromatic N) is 1. The van der Waals surface area contributed by atoms with Gasteiger partial charge in [0, 0.05) is 5.56 Å². The number of carbonyl (C=O) groups excluding carboxylic acids is 2. The minimum absolute atomic E-state index is 0.242. The molecule has 2 amide bonds. The highest BCUT2D eigenvalue weighted by atomic mass is 35.5. The Bertz CT molecular complexity index is 1160. The zero-order valence-corrected chi connectivity index (χ0v) is 17.4. The molecule has 0 aromatic heterocycles. The normalized spacial score (nSPS) is 17.7. The Balaban J connectivity index is 1.66. The summed E-state index contributed by atoms with van der Waals surface area (Å²) in [5.74, 6) is -0.961.